The zero-order valence-electron chi connectivity index (χ0n) is 18.1. The van der Waals surface area contributed by atoms with Gasteiger partial charge in [-0.2, -0.15) is 0 Å². The number of imide groups is 1. The zero-order chi connectivity index (χ0) is 23.5. The van der Waals surface area contributed by atoms with Crippen LogP contribution in [0.2, 0.25) is 0 Å². The van der Waals surface area contributed by atoms with Crippen LogP contribution in [0.3, 0.4) is 0 Å². The lowest BCUT2D eigenvalue weighted by atomic mass is 9.82. The van der Waals surface area contributed by atoms with Crippen LogP contribution in [0.1, 0.15) is 24.8 Å². The molecule has 2 N–H and O–H groups in total. The first kappa shape index (κ1) is 22.8. The summed E-state index contributed by atoms with van der Waals surface area (Å²) in [6.07, 6.45) is 4.50. The highest BCUT2D eigenvalue weighted by molar-refractivity contribution is 8.00. The molecule has 4 rings (SSSR count). The van der Waals surface area contributed by atoms with Crippen LogP contribution in [0.25, 0.3) is 0 Å². The van der Waals surface area contributed by atoms with Crippen molar-refractivity contribution in [3.63, 3.8) is 0 Å². The van der Waals surface area contributed by atoms with Gasteiger partial charge in [-0.15, -0.1) is 11.8 Å². The van der Waals surface area contributed by atoms with E-state index in [1.807, 2.05) is 25.1 Å². The summed E-state index contributed by atoms with van der Waals surface area (Å²) in [5.41, 5.74) is 2.18. The smallest absolute Gasteiger partial charge is 0.307 e. The fourth-order valence-corrected chi connectivity index (χ4v) is 5.11. The van der Waals surface area contributed by atoms with E-state index in [9.17, 15) is 24.3 Å². The molecule has 7 nitrogen and oxygen atoms in total. The number of hydrogen-bond acceptors (Lipinski definition) is 5. The fourth-order valence-electron chi connectivity index (χ4n) is 4.05. The highest BCUT2D eigenvalue weighted by Gasteiger charge is 2.40. The Balaban J connectivity index is 1.39. The van der Waals surface area contributed by atoms with E-state index in [1.54, 1.807) is 42.5 Å². The quantitative estimate of drug-likeness (QED) is 0.494. The van der Waals surface area contributed by atoms with Gasteiger partial charge in [0.2, 0.25) is 17.7 Å². The van der Waals surface area contributed by atoms with Gasteiger partial charge in [0.1, 0.15) is 0 Å². The van der Waals surface area contributed by atoms with Crippen LogP contribution in [0, 0.1) is 18.8 Å². The second-order valence-electron chi connectivity index (χ2n) is 8.22. The first-order valence-electron chi connectivity index (χ1n) is 10.7. The molecule has 1 fully saturated rings. The molecule has 33 heavy (non-hydrogen) atoms. The lowest BCUT2D eigenvalue weighted by Crippen LogP contribution is -2.34. The Bertz CT molecular complexity index is 1110. The largest absolute Gasteiger partial charge is 0.481 e. The molecule has 3 atom stereocenters. The summed E-state index contributed by atoms with van der Waals surface area (Å²) in [6.45, 7) is 1.94. The number of amides is 3. The van der Waals surface area contributed by atoms with Gasteiger partial charge in [0.25, 0.3) is 0 Å². The summed E-state index contributed by atoms with van der Waals surface area (Å²) in [4.78, 5) is 51.4. The second-order valence-corrected chi connectivity index (χ2v) is 9.50. The number of aliphatic carboxylic acids is 1. The Morgan fingerprint density at radius 3 is 2.24 bits per heavy atom. The van der Waals surface area contributed by atoms with Crippen molar-refractivity contribution >= 4 is 46.8 Å². The number of anilines is 2. The maximum atomic E-state index is 12.9. The first-order valence-corrected chi connectivity index (χ1v) is 11.6. The minimum Gasteiger partial charge on any atom is -0.481 e. The SMILES string of the molecule is Cc1ccc(N2C(=O)C[C@@H](Sc3ccc(NC(=O)[C@H]4CC=CC[C@@H]4C(=O)O)cc3)C2=O)cc1. The molecular weight excluding hydrogens is 440 g/mol. The lowest BCUT2D eigenvalue weighted by molar-refractivity contribution is -0.146. The van der Waals surface area contributed by atoms with Crippen molar-refractivity contribution in [1.29, 1.82) is 0 Å². The average molecular weight is 465 g/mol. The third-order valence-corrected chi connectivity index (χ3v) is 7.08. The molecule has 2 aromatic rings. The molecule has 3 amide bonds. The maximum Gasteiger partial charge on any atom is 0.307 e. The zero-order valence-corrected chi connectivity index (χ0v) is 18.9. The Hall–Kier alpha value is -3.39. The number of benzene rings is 2. The van der Waals surface area contributed by atoms with Crippen molar-refractivity contribution in [2.45, 2.75) is 36.3 Å². The molecule has 170 valence electrons. The molecule has 0 saturated carbocycles. The number of carbonyl (C=O) groups excluding carboxylic acids is 3. The van der Waals surface area contributed by atoms with Crippen molar-refractivity contribution in [2.24, 2.45) is 11.8 Å². The third kappa shape index (κ3) is 5.01. The van der Waals surface area contributed by atoms with E-state index in [-0.39, 0.29) is 24.1 Å². The molecule has 0 radical (unpaired) electrons. The Morgan fingerprint density at radius 2 is 1.61 bits per heavy atom. The number of carbonyl (C=O) groups is 4. The van der Waals surface area contributed by atoms with Crippen LogP contribution in [-0.4, -0.2) is 34.0 Å². The van der Waals surface area contributed by atoms with Crippen molar-refractivity contribution in [3.05, 3.63) is 66.2 Å². The predicted octanol–water partition coefficient (Wildman–Crippen LogP) is 4.02. The second kappa shape index (κ2) is 9.62. The Kier molecular flexibility index (Phi) is 6.65. The van der Waals surface area contributed by atoms with E-state index in [0.717, 1.165) is 10.5 Å². The van der Waals surface area contributed by atoms with E-state index in [4.69, 9.17) is 0 Å². The van der Waals surface area contributed by atoms with E-state index in [0.29, 0.717) is 24.2 Å². The molecule has 1 aliphatic heterocycles. The molecule has 2 aliphatic rings. The van der Waals surface area contributed by atoms with E-state index in [1.165, 1.54) is 16.7 Å². The topological polar surface area (TPSA) is 104 Å². The van der Waals surface area contributed by atoms with Crippen molar-refractivity contribution in [2.75, 3.05) is 10.2 Å². The molecule has 2 aromatic carbocycles. The van der Waals surface area contributed by atoms with Crippen molar-refractivity contribution < 1.29 is 24.3 Å². The van der Waals surface area contributed by atoms with Crippen molar-refractivity contribution in [3.8, 4) is 0 Å². The van der Waals surface area contributed by atoms with Gasteiger partial charge < -0.3 is 10.4 Å². The number of nitrogens with zero attached hydrogens (tertiary/aromatic N) is 1. The maximum absolute atomic E-state index is 12.9. The van der Waals surface area contributed by atoms with Crippen molar-refractivity contribution in [1.82, 2.24) is 0 Å². The number of rotatable bonds is 6. The molecule has 1 saturated heterocycles. The normalized spacial score (nSPS) is 22.5. The van der Waals surface area contributed by atoms with Crippen LogP contribution < -0.4 is 10.2 Å². The fraction of sp³-hybridized carbons (Fsp3) is 0.280. The van der Waals surface area contributed by atoms with Gasteiger partial charge in [-0.1, -0.05) is 29.8 Å². The number of thioether (sulfide) groups is 1. The van der Waals surface area contributed by atoms with Gasteiger partial charge in [-0.25, -0.2) is 4.90 Å². The highest BCUT2D eigenvalue weighted by Crippen LogP contribution is 2.35. The molecular formula is C25H24N2O5S. The molecule has 8 heteroatoms. The highest BCUT2D eigenvalue weighted by atomic mass is 32.2. The Morgan fingerprint density at radius 1 is 0.970 bits per heavy atom. The summed E-state index contributed by atoms with van der Waals surface area (Å²) < 4.78 is 0. The number of hydrogen-bond donors (Lipinski definition) is 2. The third-order valence-electron chi connectivity index (χ3n) is 5.88. The van der Waals surface area contributed by atoms with Gasteiger partial charge in [0, 0.05) is 17.0 Å². The number of carboxylic acid groups (broad SMARTS) is 1. The molecule has 1 heterocycles. The molecule has 0 spiro atoms. The number of nitrogens with one attached hydrogen (secondary N) is 1. The van der Waals surface area contributed by atoms with E-state index < -0.39 is 23.1 Å². The average Bonchev–Trinajstić information content (AvgIpc) is 3.08. The number of carboxylic acids is 1. The van der Waals surface area contributed by atoms with Gasteiger partial charge in [0.15, 0.2) is 0 Å². The van der Waals surface area contributed by atoms with Crippen LogP contribution in [0.15, 0.2) is 65.6 Å². The standard InChI is InChI=1S/C25H24N2O5S/c1-15-6-10-17(11-7-15)27-22(28)14-21(24(27)30)33-18-12-8-16(9-13-18)26-23(29)19-4-2-3-5-20(19)25(31)32/h2-3,6-13,19-21H,4-5,14H2,1H3,(H,26,29)(H,31,32)/t19-,20-,21+/m0/s1. The predicted molar refractivity (Wildman–Crippen MR) is 126 cm³/mol. The molecule has 0 bridgehead atoms. The summed E-state index contributed by atoms with van der Waals surface area (Å²) in [5, 5.41) is 11.6. The first-order chi connectivity index (χ1) is 15.8. The van der Waals surface area contributed by atoms with Crippen LogP contribution in [0.5, 0.6) is 0 Å². The van der Waals surface area contributed by atoms with Gasteiger partial charge in [0.05, 0.1) is 22.8 Å². The van der Waals surface area contributed by atoms with Gasteiger partial charge >= 0.3 is 5.97 Å². The minimum absolute atomic E-state index is 0.127. The monoisotopic (exact) mass is 464 g/mol. The van der Waals surface area contributed by atoms with Crippen LogP contribution in [-0.2, 0) is 19.2 Å². The number of allylic oxidation sites excluding steroid dienone is 2. The van der Waals surface area contributed by atoms with Crippen LogP contribution >= 0.6 is 11.8 Å². The molecule has 0 aromatic heterocycles. The lowest BCUT2D eigenvalue weighted by Gasteiger charge is -2.24. The molecule has 0 unspecified atom stereocenters. The summed E-state index contributed by atoms with van der Waals surface area (Å²) in [5.74, 6) is -3.10. The Labute approximate surface area is 195 Å². The van der Waals surface area contributed by atoms with E-state index in [2.05, 4.69) is 5.32 Å². The molecule has 1 aliphatic carbocycles. The van der Waals surface area contributed by atoms with Gasteiger partial charge in [-0.05, 0) is 56.2 Å². The van der Waals surface area contributed by atoms with E-state index >= 15 is 0 Å². The van der Waals surface area contributed by atoms with Crippen LogP contribution in [0.4, 0.5) is 11.4 Å². The minimum atomic E-state index is -0.971. The summed E-state index contributed by atoms with van der Waals surface area (Å²) in [6, 6.07) is 14.3. The number of aryl methyl sites for hydroxylation is 1. The summed E-state index contributed by atoms with van der Waals surface area (Å²) >= 11 is 1.31. The van der Waals surface area contributed by atoms with Gasteiger partial charge in [-0.3, -0.25) is 19.2 Å². The summed E-state index contributed by atoms with van der Waals surface area (Å²) in [7, 11) is 0.